The van der Waals surface area contributed by atoms with Gasteiger partial charge in [0.05, 0.1) is 35.0 Å². The number of nitrogens with zero attached hydrogens (tertiary/aromatic N) is 7. The molecule has 182 valence electrons. The molecule has 0 amide bonds. The molecule has 1 fully saturated rings. The molecule has 0 spiro atoms. The maximum absolute atomic E-state index is 6.55. The van der Waals surface area contributed by atoms with Crippen LogP contribution in [0, 0.1) is 0 Å². The van der Waals surface area contributed by atoms with E-state index in [9.17, 15) is 0 Å². The van der Waals surface area contributed by atoms with Gasteiger partial charge >= 0.3 is 0 Å². The second-order valence-electron chi connectivity index (χ2n) is 8.75. The third kappa shape index (κ3) is 3.71. The molecule has 10 heteroatoms. The molecule has 4 aromatic heterocycles. The molecule has 0 bridgehead atoms. The van der Waals surface area contributed by atoms with E-state index in [2.05, 4.69) is 46.7 Å². The SMILES string of the molecule is Clc1cccc2c(-n3c(-c4ccccn4)nc4c(-c5nnc[nH]5)cc(N5CCOCC5)cc43)ccnc12. The van der Waals surface area contributed by atoms with E-state index in [4.69, 9.17) is 21.3 Å². The van der Waals surface area contributed by atoms with Crippen molar-refractivity contribution >= 4 is 39.2 Å². The highest BCUT2D eigenvalue weighted by Gasteiger charge is 2.23. The molecular weight excluding hydrogens is 488 g/mol. The highest BCUT2D eigenvalue weighted by Crippen LogP contribution is 2.38. The van der Waals surface area contributed by atoms with Gasteiger partial charge in [-0.2, -0.15) is 0 Å². The van der Waals surface area contributed by atoms with E-state index < -0.39 is 0 Å². The number of fused-ring (bicyclic) bond motifs is 2. The first-order chi connectivity index (χ1) is 18.3. The van der Waals surface area contributed by atoms with Gasteiger partial charge in [-0.25, -0.2) is 4.98 Å². The third-order valence-electron chi connectivity index (χ3n) is 6.63. The Balaban J connectivity index is 1.60. The standard InChI is InChI=1S/C27H21ClN8O/c28-20-5-3-4-18-22(7-9-30-24(18)20)36-23-15-17(35-10-12-37-13-11-35)14-19(26-31-16-32-34-26)25(23)33-27(36)21-6-1-2-8-29-21/h1-9,14-16H,10-13H2,(H,31,32,34). The number of halogens is 1. The topological polar surface area (TPSA) is 97.6 Å². The number of aromatic nitrogens is 7. The summed E-state index contributed by atoms with van der Waals surface area (Å²) in [7, 11) is 0. The molecule has 0 atom stereocenters. The van der Waals surface area contributed by atoms with Gasteiger partial charge in [0.2, 0.25) is 0 Å². The molecule has 1 N–H and O–H groups in total. The van der Waals surface area contributed by atoms with E-state index in [1.54, 1.807) is 18.7 Å². The fourth-order valence-corrected chi connectivity index (χ4v) is 5.14. The summed E-state index contributed by atoms with van der Waals surface area (Å²) in [6.45, 7) is 2.97. The summed E-state index contributed by atoms with van der Waals surface area (Å²) in [4.78, 5) is 19.8. The van der Waals surface area contributed by atoms with Crippen molar-refractivity contribution in [2.24, 2.45) is 0 Å². The Hall–Kier alpha value is -4.34. The molecule has 1 aliphatic heterocycles. The van der Waals surface area contributed by atoms with Crippen molar-refractivity contribution in [2.45, 2.75) is 0 Å². The average molecular weight is 509 g/mol. The summed E-state index contributed by atoms with van der Waals surface area (Å²) in [6.07, 6.45) is 5.13. The van der Waals surface area contributed by atoms with Crippen molar-refractivity contribution in [1.29, 1.82) is 0 Å². The van der Waals surface area contributed by atoms with Crippen LogP contribution < -0.4 is 4.90 Å². The van der Waals surface area contributed by atoms with Gasteiger partial charge in [-0.15, -0.1) is 10.2 Å². The lowest BCUT2D eigenvalue weighted by atomic mass is 10.1. The van der Waals surface area contributed by atoms with Crippen molar-refractivity contribution in [3.05, 3.63) is 78.3 Å². The van der Waals surface area contributed by atoms with E-state index in [0.29, 0.717) is 29.9 Å². The normalized spacial score (nSPS) is 14.0. The van der Waals surface area contributed by atoms with Crippen LogP contribution in [0.4, 0.5) is 5.69 Å². The van der Waals surface area contributed by atoms with Crippen LogP contribution in [0.15, 0.2) is 73.3 Å². The Kier molecular flexibility index (Phi) is 5.30. The molecule has 9 nitrogen and oxygen atoms in total. The Morgan fingerprint density at radius 1 is 0.919 bits per heavy atom. The van der Waals surface area contributed by atoms with Crippen molar-refractivity contribution in [3.63, 3.8) is 0 Å². The zero-order valence-corrected chi connectivity index (χ0v) is 20.4. The molecule has 7 rings (SSSR count). The second kappa shape index (κ2) is 8.95. The van der Waals surface area contributed by atoms with Gasteiger partial charge in [0.25, 0.3) is 0 Å². The van der Waals surface area contributed by atoms with E-state index in [0.717, 1.165) is 57.7 Å². The number of anilines is 1. The van der Waals surface area contributed by atoms with Crippen molar-refractivity contribution in [1.82, 2.24) is 34.7 Å². The number of imidazole rings is 1. The molecule has 1 aliphatic rings. The van der Waals surface area contributed by atoms with Crippen molar-refractivity contribution in [2.75, 3.05) is 31.2 Å². The van der Waals surface area contributed by atoms with E-state index in [-0.39, 0.29) is 0 Å². The van der Waals surface area contributed by atoms with Crippen LogP contribution >= 0.6 is 11.6 Å². The van der Waals surface area contributed by atoms with Crippen molar-refractivity contribution < 1.29 is 4.74 Å². The summed E-state index contributed by atoms with van der Waals surface area (Å²) in [6, 6.07) is 17.9. The number of morpholine rings is 1. The quantitative estimate of drug-likeness (QED) is 0.361. The van der Waals surface area contributed by atoms with Gasteiger partial charge in [-0.1, -0.05) is 29.8 Å². The highest BCUT2D eigenvalue weighted by molar-refractivity contribution is 6.35. The highest BCUT2D eigenvalue weighted by atomic mass is 35.5. The summed E-state index contributed by atoms with van der Waals surface area (Å²) in [5, 5.41) is 9.88. The van der Waals surface area contributed by atoms with Crippen LogP contribution in [0.25, 0.3) is 50.5 Å². The summed E-state index contributed by atoms with van der Waals surface area (Å²) in [5.41, 5.74) is 6.04. The van der Waals surface area contributed by atoms with Gasteiger partial charge < -0.3 is 14.6 Å². The predicted octanol–water partition coefficient (Wildman–Crippen LogP) is 4.91. The average Bonchev–Trinajstić information content (AvgIpc) is 3.62. The second-order valence-corrected chi connectivity index (χ2v) is 9.16. The third-order valence-corrected chi connectivity index (χ3v) is 6.93. The molecule has 37 heavy (non-hydrogen) atoms. The minimum Gasteiger partial charge on any atom is -0.378 e. The Morgan fingerprint density at radius 2 is 1.84 bits per heavy atom. The summed E-state index contributed by atoms with van der Waals surface area (Å²) < 4.78 is 7.75. The summed E-state index contributed by atoms with van der Waals surface area (Å²) >= 11 is 6.55. The van der Waals surface area contributed by atoms with Crippen molar-refractivity contribution in [3.8, 4) is 28.6 Å². The van der Waals surface area contributed by atoms with Gasteiger partial charge in [0.15, 0.2) is 11.6 Å². The number of pyridine rings is 2. The Bertz CT molecular complexity index is 1730. The Labute approximate surface area is 216 Å². The number of hydrogen-bond donors (Lipinski definition) is 1. The number of nitrogens with one attached hydrogen (secondary N) is 1. The number of benzene rings is 2. The monoisotopic (exact) mass is 508 g/mol. The van der Waals surface area contributed by atoms with E-state index in [1.807, 2.05) is 42.5 Å². The zero-order valence-electron chi connectivity index (χ0n) is 19.7. The molecule has 6 aromatic rings. The van der Waals surface area contributed by atoms with Gasteiger partial charge in [0, 0.05) is 42.1 Å². The molecule has 0 saturated carbocycles. The lowest BCUT2D eigenvalue weighted by Gasteiger charge is -2.29. The number of para-hydroxylation sites is 1. The van der Waals surface area contributed by atoms with Gasteiger partial charge in [-0.05, 0) is 36.4 Å². The molecule has 0 radical (unpaired) electrons. The molecule has 0 aliphatic carbocycles. The smallest absolute Gasteiger partial charge is 0.164 e. The molecule has 1 saturated heterocycles. The lowest BCUT2D eigenvalue weighted by molar-refractivity contribution is 0.122. The lowest BCUT2D eigenvalue weighted by Crippen LogP contribution is -2.36. The largest absolute Gasteiger partial charge is 0.378 e. The number of hydrogen-bond acceptors (Lipinski definition) is 7. The minimum atomic E-state index is 0.597. The van der Waals surface area contributed by atoms with Crippen LogP contribution in [0.2, 0.25) is 5.02 Å². The predicted molar refractivity (Wildman–Crippen MR) is 143 cm³/mol. The van der Waals surface area contributed by atoms with Gasteiger partial charge in [-0.3, -0.25) is 14.5 Å². The first-order valence-corrected chi connectivity index (χ1v) is 12.4. The fourth-order valence-electron chi connectivity index (χ4n) is 4.92. The Morgan fingerprint density at radius 3 is 2.65 bits per heavy atom. The number of rotatable bonds is 4. The van der Waals surface area contributed by atoms with Gasteiger partial charge in [0.1, 0.15) is 17.5 Å². The maximum Gasteiger partial charge on any atom is 0.164 e. The van der Waals surface area contributed by atoms with E-state index in [1.165, 1.54) is 0 Å². The van der Waals surface area contributed by atoms with Crippen LogP contribution in [0.3, 0.4) is 0 Å². The fraction of sp³-hybridized carbons (Fsp3) is 0.148. The first-order valence-electron chi connectivity index (χ1n) is 12.0. The van der Waals surface area contributed by atoms with Crippen LogP contribution in [-0.2, 0) is 4.74 Å². The van der Waals surface area contributed by atoms with Crippen LogP contribution in [0.1, 0.15) is 0 Å². The number of aromatic amines is 1. The molecule has 5 heterocycles. The molecule has 0 unspecified atom stereocenters. The molecule has 2 aromatic carbocycles. The number of ether oxygens (including phenoxy) is 1. The van der Waals surface area contributed by atoms with Crippen LogP contribution in [-0.4, -0.2) is 61.0 Å². The molecular formula is C27H21ClN8O. The first kappa shape index (κ1) is 21.9. The van der Waals surface area contributed by atoms with E-state index >= 15 is 0 Å². The number of H-pyrrole nitrogens is 1. The van der Waals surface area contributed by atoms with Crippen LogP contribution in [0.5, 0.6) is 0 Å². The minimum absolute atomic E-state index is 0.597. The maximum atomic E-state index is 6.55. The zero-order chi connectivity index (χ0) is 24.8. The summed E-state index contributed by atoms with van der Waals surface area (Å²) in [5.74, 6) is 1.36.